The number of hydrogen-bond donors (Lipinski definition) is 2. The minimum absolute atomic E-state index is 0.370. The molecule has 1 amide bonds. The first kappa shape index (κ1) is 17.0. The molecule has 0 bridgehead atoms. The molecule has 0 heterocycles. The Morgan fingerprint density at radius 3 is 2.14 bits per heavy atom. The van der Waals surface area contributed by atoms with Crippen LogP contribution in [0.4, 0.5) is 8.78 Å². The van der Waals surface area contributed by atoms with E-state index < -0.39 is 50.5 Å². The van der Waals surface area contributed by atoms with Gasteiger partial charge in [0, 0.05) is 12.3 Å². The molecule has 1 atom stereocenters. The molecule has 9 heteroatoms. The highest BCUT2D eigenvalue weighted by atomic mass is 32.2. The van der Waals surface area contributed by atoms with Gasteiger partial charge in [-0.2, -0.15) is 0 Å². The number of sulfone groups is 1. The lowest BCUT2D eigenvalue weighted by atomic mass is 10.1. The smallest absolute Gasteiger partial charge is 0.336 e. The van der Waals surface area contributed by atoms with E-state index >= 15 is 0 Å². The first-order valence-electron chi connectivity index (χ1n) is 5.72. The molecule has 0 saturated heterocycles. The highest BCUT2D eigenvalue weighted by molar-refractivity contribution is 7.90. The molecule has 0 aliphatic carbocycles. The summed E-state index contributed by atoms with van der Waals surface area (Å²) in [5.74, 6) is -5.74. The molecule has 0 aliphatic heterocycles. The molecule has 0 aliphatic rings. The van der Waals surface area contributed by atoms with Crippen LogP contribution < -0.4 is 5.32 Å². The first-order valence-corrected chi connectivity index (χ1v) is 7.78. The minimum Gasteiger partial charge on any atom is -0.478 e. The van der Waals surface area contributed by atoms with Crippen LogP contribution in [0.2, 0.25) is 0 Å². The van der Waals surface area contributed by atoms with Gasteiger partial charge < -0.3 is 10.4 Å². The quantitative estimate of drug-likeness (QED) is 0.836. The van der Waals surface area contributed by atoms with Gasteiger partial charge in [0.2, 0.25) is 0 Å². The van der Waals surface area contributed by atoms with Gasteiger partial charge in [-0.3, -0.25) is 4.79 Å². The van der Waals surface area contributed by atoms with Crippen LogP contribution in [0.1, 0.15) is 27.6 Å². The number of amides is 1. The van der Waals surface area contributed by atoms with Crippen LogP contribution in [-0.2, 0) is 9.84 Å². The summed E-state index contributed by atoms with van der Waals surface area (Å²) in [6, 6.07) is 0.0389. The number of carbonyl (C=O) groups excluding carboxylic acids is 1. The maximum atomic E-state index is 13.1. The van der Waals surface area contributed by atoms with Crippen molar-refractivity contribution in [2.45, 2.75) is 13.0 Å². The third-order valence-corrected chi connectivity index (χ3v) is 3.57. The predicted octanol–water partition coefficient (Wildman–Crippen LogP) is 0.826. The van der Waals surface area contributed by atoms with Crippen LogP contribution in [0.5, 0.6) is 0 Å². The molecule has 116 valence electrons. The van der Waals surface area contributed by atoms with Gasteiger partial charge in [0.1, 0.15) is 9.84 Å². The van der Waals surface area contributed by atoms with E-state index in [9.17, 15) is 26.8 Å². The lowest BCUT2D eigenvalue weighted by Gasteiger charge is -2.14. The Morgan fingerprint density at radius 1 is 1.24 bits per heavy atom. The second kappa shape index (κ2) is 6.17. The summed E-state index contributed by atoms with van der Waals surface area (Å²) >= 11 is 0. The van der Waals surface area contributed by atoms with Gasteiger partial charge in [-0.1, -0.05) is 0 Å². The van der Waals surface area contributed by atoms with Crippen LogP contribution in [0.3, 0.4) is 0 Å². The monoisotopic (exact) mass is 321 g/mol. The molecule has 0 radical (unpaired) electrons. The molecule has 1 unspecified atom stereocenters. The highest BCUT2D eigenvalue weighted by Gasteiger charge is 2.22. The van der Waals surface area contributed by atoms with Crippen molar-refractivity contribution in [1.29, 1.82) is 0 Å². The van der Waals surface area contributed by atoms with E-state index in [0.717, 1.165) is 6.26 Å². The average Bonchev–Trinajstić information content (AvgIpc) is 2.28. The molecular weight excluding hydrogens is 308 g/mol. The molecule has 0 saturated carbocycles. The summed E-state index contributed by atoms with van der Waals surface area (Å²) in [5.41, 5.74) is -1.29. The second-order valence-corrected chi connectivity index (χ2v) is 6.77. The number of benzene rings is 1. The van der Waals surface area contributed by atoms with E-state index in [-0.39, 0.29) is 5.75 Å². The van der Waals surface area contributed by atoms with Gasteiger partial charge in [0.25, 0.3) is 5.91 Å². The Labute approximate surface area is 119 Å². The van der Waals surface area contributed by atoms with Crippen molar-refractivity contribution in [1.82, 2.24) is 5.32 Å². The molecule has 1 aromatic carbocycles. The van der Waals surface area contributed by atoms with Crippen molar-refractivity contribution >= 4 is 21.7 Å². The molecule has 6 nitrogen and oxygen atoms in total. The fourth-order valence-corrected chi connectivity index (χ4v) is 2.70. The summed E-state index contributed by atoms with van der Waals surface area (Å²) in [7, 11) is -3.36. The number of rotatable bonds is 5. The summed E-state index contributed by atoms with van der Waals surface area (Å²) in [6.07, 6.45) is 0.968. The normalized spacial score (nSPS) is 12.8. The SMILES string of the molecule is CC(CS(C)(=O)=O)NC(=O)c1cc(F)c(F)cc1C(=O)O. The maximum Gasteiger partial charge on any atom is 0.336 e. The highest BCUT2D eigenvalue weighted by Crippen LogP contribution is 2.15. The Balaban J connectivity index is 3.07. The van der Waals surface area contributed by atoms with Crippen LogP contribution in [0.15, 0.2) is 12.1 Å². The molecular formula is C12H13F2NO5S. The molecule has 0 aromatic heterocycles. The van der Waals surface area contributed by atoms with E-state index in [4.69, 9.17) is 5.11 Å². The molecule has 1 rings (SSSR count). The van der Waals surface area contributed by atoms with Crippen LogP contribution >= 0.6 is 0 Å². The second-order valence-electron chi connectivity index (χ2n) is 4.58. The number of carboxylic acids is 1. The fourth-order valence-electron chi connectivity index (χ4n) is 1.71. The number of aromatic carboxylic acids is 1. The zero-order chi connectivity index (χ0) is 16.4. The molecule has 0 spiro atoms. The largest absolute Gasteiger partial charge is 0.478 e. The fraction of sp³-hybridized carbons (Fsp3) is 0.333. The lowest BCUT2D eigenvalue weighted by Crippen LogP contribution is -2.38. The van der Waals surface area contributed by atoms with Gasteiger partial charge in [-0.15, -0.1) is 0 Å². The van der Waals surface area contributed by atoms with Gasteiger partial charge >= 0.3 is 5.97 Å². The van der Waals surface area contributed by atoms with Crippen molar-refractivity contribution in [3.8, 4) is 0 Å². The molecule has 2 N–H and O–H groups in total. The zero-order valence-corrected chi connectivity index (χ0v) is 12.0. The van der Waals surface area contributed by atoms with Crippen LogP contribution in [0, 0.1) is 11.6 Å². The number of halogens is 2. The Kier molecular flexibility index (Phi) is 5.00. The molecule has 1 aromatic rings. The first-order chi connectivity index (χ1) is 9.51. The summed E-state index contributed by atoms with van der Waals surface area (Å²) in [4.78, 5) is 22.8. The number of hydrogen-bond acceptors (Lipinski definition) is 4. The van der Waals surface area contributed by atoms with E-state index in [1.54, 1.807) is 0 Å². The van der Waals surface area contributed by atoms with Crippen molar-refractivity contribution in [2.24, 2.45) is 0 Å². The third kappa shape index (κ3) is 4.78. The molecule has 21 heavy (non-hydrogen) atoms. The van der Waals surface area contributed by atoms with Gasteiger partial charge in [0.15, 0.2) is 11.6 Å². The number of carboxylic acid groups (broad SMARTS) is 1. The van der Waals surface area contributed by atoms with E-state index in [2.05, 4.69) is 5.32 Å². The third-order valence-electron chi connectivity index (χ3n) is 2.47. The van der Waals surface area contributed by atoms with E-state index in [0.29, 0.717) is 12.1 Å². The van der Waals surface area contributed by atoms with Crippen molar-refractivity contribution in [2.75, 3.05) is 12.0 Å². The van der Waals surface area contributed by atoms with Crippen molar-refractivity contribution in [3.05, 3.63) is 34.9 Å². The van der Waals surface area contributed by atoms with Crippen molar-refractivity contribution in [3.63, 3.8) is 0 Å². The standard InChI is InChI=1S/C12H13F2NO5S/c1-6(5-21(2,19)20)15-11(16)7-3-9(13)10(14)4-8(7)12(17)18/h3-4,6H,5H2,1-2H3,(H,15,16)(H,17,18). The Bertz CT molecular complexity index is 687. The topological polar surface area (TPSA) is 101 Å². The van der Waals surface area contributed by atoms with Crippen LogP contribution in [-0.4, -0.2) is 43.5 Å². The predicted molar refractivity (Wildman–Crippen MR) is 70.0 cm³/mol. The minimum atomic E-state index is -3.36. The Hall–Kier alpha value is -2.03. The Morgan fingerprint density at radius 2 is 1.71 bits per heavy atom. The van der Waals surface area contributed by atoms with E-state index in [1.165, 1.54) is 6.92 Å². The summed E-state index contributed by atoms with van der Waals surface area (Å²) in [6.45, 7) is 1.39. The number of carbonyl (C=O) groups is 2. The summed E-state index contributed by atoms with van der Waals surface area (Å²) in [5, 5.41) is 11.1. The van der Waals surface area contributed by atoms with Gasteiger partial charge in [-0.05, 0) is 19.1 Å². The average molecular weight is 321 g/mol. The lowest BCUT2D eigenvalue weighted by molar-refractivity contribution is 0.0689. The molecule has 0 fully saturated rings. The van der Waals surface area contributed by atoms with Gasteiger partial charge in [-0.25, -0.2) is 22.0 Å². The van der Waals surface area contributed by atoms with E-state index in [1.807, 2.05) is 0 Å². The number of nitrogens with one attached hydrogen (secondary N) is 1. The van der Waals surface area contributed by atoms with Crippen LogP contribution in [0.25, 0.3) is 0 Å². The van der Waals surface area contributed by atoms with Crippen molar-refractivity contribution < 1.29 is 31.9 Å². The maximum absolute atomic E-state index is 13.1. The zero-order valence-electron chi connectivity index (χ0n) is 11.2. The van der Waals surface area contributed by atoms with Gasteiger partial charge in [0.05, 0.1) is 16.9 Å². The summed E-state index contributed by atoms with van der Waals surface area (Å²) < 4.78 is 48.3.